The number of amides is 2. The van der Waals surface area contributed by atoms with Crippen LogP contribution in [0.25, 0.3) is 0 Å². The number of aromatic amines is 1. The molecule has 2 aliphatic rings. The minimum absolute atomic E-state index is 0.0472. The molecule has 2 amide bonds. The van der Waals surface area contributed by atoms with Crippen molar-refractivity contribution in [3.05, 3.63) is 61.0 Å². The average molecular weight is 398 g/mol. The number of aryl methyl sites for hydroxylation is 2. The zero-order chi connectivity index (χ0) is 19.8. The number of pyridine rings is 1. The average Bonchev–Trinajstić information content (AvgIpc) is 3.05. The molecule has 7 nitrogen and oxygen atoms in total. The van der Waals surface area contributed by atoms with Gasteiger partial charge in [-0.2, -0.15) is 0 Å². The van der Waals surface area contributed by atoms with Crippen molar-refractivity contribution in [3.63, 3.8) is 0 Å². The molecule has 0 aromatic carbocycles. The van der Waals surface area contributed by atoms with E-state index in [1.807, 2.05) is 26.0 Å². The van der Waals surface area contributed by atoms with Gasteiger partial charge in [0, 0.05) is 32.4 Å². The van der Waals surface area contributed by atoms with Gasteiger partial charge >= 0.3 is 0 Å². The van der Waals surface area contributed by atoms with E-state index in [0.717, 1.165) is 28.2 Å². The number of aromatic nitrogens is 2. The summed E-state index contributed by atoms with van der Waals surface area (Å²) >= 11 is 1.40. The zero-order valence-corrected chi connectivity index (χ0v) is 16.8. The van der Waals surface area contributed by atoms with Crippen LogP contribution in [0.5, 0.6) is 0 Å². The molecule has 28 heavy (non-hydrogen) atoms. The first-order valence-corrected chi connectivity index (χ1v) is 10.2. The van der Waals surface area contributed by atoms with Crippen LogP contribution in [0.4, 0.5) is 0 Å². The fraction of sp³-hybridized carbons (Fsp3) is 0.400. The van der Waals surface area contributed by atoms with Crippen LogP contribution in [0.1, 0.15) is 48.3 Å². The highest BCUT2D eigenvalue weighted by atomic mass is 32.1. The number of thiazole rings is 1. The third kappa shape index (κ3) is 3.28. The number of fused-ring (bicyclic) bond motifs is 1. The number of hydrogen-bond donors (Lipinski definition) is 1. The molecular weight excluding hydrogens is 376 g/mol. The zero-order valence-electron chi connectivity index (χ0n) is 15.9. The Balaban J connectivity index is 1.62. The highest BCUT2D eigenvalue weighted by molar-refractivity contribution is 7.13. The van der Waals surface area contributed by atoms with E-state index >= 15 is 0 Å². The molecule has 0 atom stereocenters. The Morgan fingerprint density at radius 2 is 1.96 bits per heavy atom. The summed E-state index contributed by atoms with van der Waals surface area (Å²) in [5.74, 6) is -0.273. The van der Waals surface area contributed by atoms with Crippen LogP contribution in [0.2, 0.25) is 0 Å². The first-order chi connectivity index (χ1) is 13.5. The van der Waals surface area contributed by atoms with Crippen molar-refractivity contribution in [1.29, 1.82) is 0 Å². The predicted octanol–water partition coefficient (Wildman–Crippen LogP) is 2.05. The number of rotatable bonds is 2. The van der Waals surface area contributed by atoms with Crippen molar-refractivity contribution >= 4 is 23.2 Å². The van der Waals surface area contributed by atoms with Gasteiger partial charge in [-0.3, -0.25) is 14.4 Å². The molecule has 0 bridgehead atoms. The second kappa shape index (κ2) is 7.35. The maximum Gasteiger partial charge on any atom is 0.266 e. The topological polar surface area (TPSA) is 86.4 Å². The van der Waals surface area contributed by atoms with Crippen LogP contribution in [0.15, 0.2) is 23.1 Å². The fourth-order valence-electron chi connectivity index (χ4n) is 3.82. The molecule has 0 radical (unpaired) electrons. The Bertz CT molecular complexity index is 1040. The quantitative estimate of drug-likeness (QED) is 0.785. The highest BCUT2D eigenvalue weighted by Gasteiger charge is 2.30. The minimum atomic E-state index is -0.355. The summed E-state index contributed by atoms with van der Waals surface area (Å²) < 4.78 is 0. The van der Waals surface area contributed by atoms with Crippen molar-refractivity contribution in [2.45, 2.75) is 33.2 Å². The standard InChI is InChI=1S/C20H22N4O3S/c1-12-17(28-13(2)22-12)20(27)24-9-6-15-14(11-24)10-21-18(25)16(15)19(26)23-7-4-3-5-8-23/h3-4,10H,5-9,11H2,1-2H3,(H,21,25). The minimum Gasteiger partial charge on any atom is -0.334 e. The lowest BCUT2D eigenvalue weighted by atomic mass is 9.95. The van der Waals surface area contributed by atoms with Crippen LogP contribution >= 0.6 is 11.3 Å². The first kappa shape index (κ1) is 18.6. The number of nitrogens with one attached hydrogen (secondary N) is 1. The maximum absolute atomic E-state index is 13.0. The summed E-state index contributed by atoms with van der Waals surface area (Å²) in [4.78, 5) is 49.5. The second-order valence-corrected chi connectivity index (χ2v) is 8.34. The predicted molar refractivity (Wildman–Crippen MR) is 107 cm³/mol. The van der Waals surface area contributed by atoms with Gasteiger partial charge in [-0.05, 0) is 37.8 Å². The number of carbonyl (C=O) groups excluding carboxylic acids is 2. The monoisotopic (exact) mass is 398 g/mol. The molecule has 0 aliphatic carbocycles. The van der Waals surface area contributed by atoms with Crippen molar-refractivity contribution in [3.8, 4) is 0 Å². The first-order valence-electron chi connectivity index (χ1n) is 9.36. The molecule has 0 spiro atoms. The summed E-state index contributed by atoms with van der Waals surface area (Å²) in [6.45, 7) is 5.73. The van der Waals surface area contributed by atoms with E-state index in [1.165, 1.54) is 11.3 Å². The van der Waals surface area contributed by atoms with Crippen LogP contribution in [-0.2, 0) is 13.0 Å². The van der Waals surface area contributed by atoms with Gasteiger partial charge in [-0.15, -0.1) is 11.3 Å². The van der Waals surface area contributed by atoms with Gasteiger partial charge < -0.3 is 14.8 Å². The van der Waals surface area contributed by atoms with Gasteiger partial charge in [0.15, 0.2) is 0 Å². The molecule has 8 heteroatoms. The van der Waals surface area contributed by atoms with Gasteiger partial charge in [0.05, 0.1) is 10.7 Å². The Kier molecular flexibility index (Phi) is 4.89. The molecule has 1 N–H and O–H groups in total. The summed E-state index contributed by atoms with van der Waals surface area (Å²) in [7, 11) is 0. The number of hydrogen-bond acceptors (Lipinski definition) is 5. The number of nitrogens with zero attached hydrogens (tertiary/aromatic N) is 3. The van der Waals surface area contributed by atoms with E-state index in [0.29, 0.717) is 37.5 Å². The Hall–Kier alpha value is -2.74. The third-order valence-corrected chi connectivity index (χ3v) is 6.29. The summed E-state index contributed by atoms with van der Waals surface area (Å²) in [6, 6.07) is 0. The van der Waals surface area contributed by atoms with Crippen molar-refractivity contribution in [2.75, 3.05) is 19.6 Å². The van der Waals surface area contributed by atoms with E-state index in [-0.39, 0.29) is 22.9 Å². The molecule has 146 valence electrons. The molecule has 4 rings (SSSR count). The van der Waals surface area contributed by atoms with Crippen molar-refractivity contribution < 1.29 is 9.59 Å². The summed E-state index contributed by atoms with van der Waals surface area (Å²) in [6.07, 6.45) is 6.92. The molecule has 2 aromatic heterocycles. The highest BCUT2D eigenvalue weighted by Crippen LogP contribution is 2.25. The number of H-pyrrole nitrogens is 1. The number of carbonyl (C=O) groups is 2. The van der Waals surface area contributed by atoms with Crippen LogP contribution in [0.3, 0.4) is 0 Å². The van der Waals surface area contributed by atoms with Crippen LogP contribution in [0, 0.1) is 13.8 Å². The Morgan fingerprint density at radius 3 is 2.64 bits per heavy atom. The molecule has 0 unspecified atom stereocenters. The second-order valence-electron chi connectivity index (χ2n) is 7.13. The SMILES string of the molecule is Cc1nc(C)c(C(=O)N2CCc3c(c[nH]c(=O)c3C(=O)N3CC=CCC3)C2)s1. The van der Waals surface area contributed by atoms with Crippen molar-refractivity contribution in [1.82, 2.24) is 19.8 Å². The smallest absolute Gasteiger partial charge is 0.266 e. The van der Waals surface area contributed by atoms with Gasteiger partial charge in [0.2, 0.25) is 0 Å². The largest absolute Gasteiger partial charge is 0.334 e. The van der Waals surface area contributed by atoms with E-state index in [9.17, 15) is 14.4 Å². The normalized spacial score (nSPS) is 16.2. The maximum atomic E-state index is 13.0. The van der Waals surface area contributed by atoms with E-state index < -0.39 is 0 Å². The van der Waals surface area contributed by atoms with Gasteiger partial charge in [-0.1, -0.05) is 12.2 Å². The fourth-order valence-corrected chi connectivity index (χ4v) is 4.71. The van der Waals surface area contributed by atoms with E-state index in [4.69, 9.17) is 0 Å². The summed E-state index contributed by atoms with van der Waals surface area (Å²) in [5.41, 5.74) is 2.21. The molecule has 4 heterocycles. The molecule has 0 saturated heterocycles. The van der Waals surface area contributed by atoms with E-state index in [2.05, 4.69) is 9.97 Å². The van der Waals surface area contributed by atoms with Gasteiger partial charge in [-0.25, -0.2) is 4.98 Å². The van der Waals surface area contributed by atoms with Crippen LogP contribution < -0.4 is 5.56 Å². The Labute approximate surface area is 166 Å². The molecular formula is C20H22N4O3S. The lowest BCUT2D eigenvalue weighted by molar-refractivity contribution is 0.0736. The van der Waals surface area contributed by atoms with Crippen LogP contribution in [-0.4, -0.2) is 51.2 Å². The third-order valence-electron chi connectivity index (χ3n) is 5.23. The summed E-state index contributed by atoms with van der Waals surface area (Å²) in [5, 5.41) is 0.867. The molecule has 2 aromatic rings. The molecule has 0 fully saturated rings. The lowest BCUT2D eigenvalue weighted by Gasteiger charge is -2.30. The lowest BCUT2D eigenvalue weighted by Crippen LogP contribution is -2.41. The van der Waals surface area contributed by atoms with Gasteiger partial charge in [0.25, 0.3) is 17.4 Å². The van der Waals surface area contributed by atoms with Crippen molar-refractivity contribution in [2.24, 2.45) is 0 Å². The Morgan fingerprint density at radius 1 is 1.14 bits per heavy atom. The molecule has 0 saturated carbocycles. The van der Waals surface area contributed by atoms with E-state index in [1.54, 1.807) is 16.0 Å². The van der Waals surface area contributed by atoms with Gasteiger partial charge in [0.1, 0.15) is 10.4 Å². The molecule has 2 aliphatic heterocycles.